The second-order valence-electron chi connectivity index (χ2n) is 4.12. The van der Waals surface area contributed by atoms with Crippen LogP contribution < -0.4 is 0 Å². The fraction of sp³-hybridized carbons (Fsp3) is 0.125. The summed E-state index contributed by atoms with van der Waals surface area (Å²) in [6, 6.07) is 15.8. The van der Waals surface area contributed by atoms with Crippen molar-refractivity contribution in [3.8, 4) is 0 Å². The zero-order valence-electron chi connectivity index (χ0n) is 9.94. The van der Waals surface area contributed by atoms with E-state index in [1.54, 1.807) is 0 Å². The van der Waals surface area contributed by atoms with Gasteiger partial charge in [-0.2, -0.15) is 0 Å². The van der Waals surface area contributed by atoms with Crippen LogP contribution in [0.2, 0.25) is 10.0 Å². The number of halogens is 2. The first-order chi connectivity index (χ1) is 8.74. The van der Waals surface area contributed by atoms with Gasteiger partial charge in [0.15, 0.2) is 0 Å². The van der Waals surface area contributed by atoms with E-state index in [0.29, 0.717) is 0 Å². The van der Waals surface area contributed by atoms with E-state index in [4.69, 9.17) is 23.2 Å². The minimum absolute atomic E-state index is 0.772. The minimum atomic E-state index is 0.772. The van der Waals surface area contributed by atoms with Crippen molar-refractivity contribution in [3.63, 3.8) is 0 Å². The van der Waals surface area contributed by atoms with E-state index >= 15 is 0 Å². The van der Waals surface area contributed by atoms with Crippen molar-refractivity contribution in [1.29, 1.82) is 0 Å². The monoisotopic (exact) mass is 276 g/mol. The highest BCUT2D eigenvalue weighted by molar-refractivity contribution is 6.30. The SMILES string of the molecule is Clc1ccc(/C=C/CCc2ccc(Cl)cc2)cc1. The summed E-state index contributed by atoms with van der Waals surface area (Å²) in [5.74, 6) is 0. The second kappa shape index (κ2) is 6.63. The maximum Gasteiger partial charge on any atom is 0.0406 e. The van der Waals surface area contributed by atoms with Gasteiger partial charge in [0.25, 0.3) is 0 Å². The quantitative estimate of drug-likeness (QED) is 0.678. The molecule has 92 valence electrons. The third kappa shape index (κ3) is 4.21. The molecule has 2 heteroatoms. The molecule has 0 bridgehead atoms. The van der Waals surface area contributed by atoms with Gasteiger partial charge in [0.2, 0.25) is 0 Å². The second-order valence-corrected chi connectivity index (χ2v) is 4.99. The zero-order valence-corrected chi connectivity index (χ0v) is 11.5. The van der Waals surface area contributed by atoms with Crippen molar-refractivity contribution in [3.05, 3.63) is 75.8 Å². The summed E-state index contributed by atoms with van der Waals surface area (Å²) in [7, 11) is 0. The Morgan fingerprint density at radius 1 is 0.778 bits per heavy atom. The van der Waals surface area contributed by atoms with Gasteiger partial charge in [0, 0.05) is 10.0 Å². The summed E-state index contributed by atoms with van der Waals surface area (Å²) in [5, 5.41) is 1.56. The lowest BCUT2D eigenvalue weighted by atomic mass is 10.1. The van der Waals surface area contributed by atoms with Crippen molar-refractivity contribution in [2.24, 2.45) is 0 Å². The number of hydrogen-bond donors (Lipinski definition) is 0. The van der Waals surface area contributed by atoms with Crippen LogP contribution >= 0.6 is 23.2 Å². The van der Waals surface area contributed by atoms with Gasteiger partial charge in [0.1, 0.15) is 0 Å². The summed E-state index contributed by atoms with van der Waals surface area (Å²) >= 11 is 11.7. The first-order valence-electron chi connectivity index (χ1n) is 5.90. The zero-order chi connectivity index (χ0) is 12.8. The van der Waals surface area contributed by atoms with E-state index in [1.807, 2.05) is 36.4 Å². The predicted molar refractivity (Wildman–Crippen MR) is 80.3 cm³/mol. The lowest BCUT2D eigenvalue weighted by Gasteiger charge is -1.98. The van der Waals surface area contributed by atoms with Crippen molar-refractivity contribution < 1.29 is 0 Å². The average Bonchev–Trinajstić information content (AvgIpc) is 2.39. The van der Waals surface area contributed by atoms with E-state index in [1.165, 1.54) is 11.1 Å². The van der Waals surface area contributed by atoms with Crippen molar-refractivity contribution in [2.75, 3.05) is 0 Å². The molecule has 0 saturated heterocycles. The molecule has 0 atom stereocenters. The molecule has 0 radical (unpaired) electrons. The fourth-order valence-electron chi connectivity index (χ4n) is 1.69. The Morgan fingerprint density at radius 2 is 1.33 bits per heavy atom. The van der Waals surface area contributed by atoms with Crippen molar-refractivity contribution >= 4 is 29.3 Å². The Kier molecular flexibility index (Phi) is 4.86. The topological polar surface area (TPSA) is 0 Å². The minimum Gasteiger partial charge on any atom is -0.0843 e. The van der Waals surface area contributed by atoms with Crippen LogP contribution in [-0.4, -0.2) is 0 Å². The number of aryl methyl sites for hydroxylation is 1. The molecular formula is C16H14Cl2. The largest absolute Gasteiger partial charge is 0.0843 e. The first-order valence-corrected chi connectivity index (χ1v) is 6.66. The van der Waals surface area contributed by atoms with E-state index in [-0.39, 0.29) is 0 Å². The van der Waals surface area contributed by atoms with Crippen LogP contribution in [0.5, 0.6) is 0 Å². The van der Waals surface area contributed by atoms with Crippen LogP contribution in [0.4, 0.5) is 0 Å². The van der Waals surface area contributed by atoms with Gasteiger partial charge in [-0.1, -0.05) is 59.6 Å². The van der Waals surface area contributed by atoms with Gasteiger partial charge < -0.3 is 0 Å². The number of allylic oxidation sites excluding steroid dienone is 1. The predicted octanol–water partition coefficient (Wildman–Crippen LogP) is 5.64. The fourth-order valence-corrected chi connectivity index (χ4v) is 1.95. The van der Waals surface area contributed by atoms with E-state index in [9.17, 15) is 0 Å². The van der Waals surface area contributed by atoms with Gasteiger partial charge in [-0.3, -0.25) is 0 Å². The molecule has 0 heterocycles. The highest BCUT2D eigenvalue weighted by atomic mass is 35.5. The van der Waals surface area contributed by atoms with Crippen LogP contribution in [0.25, 0.3) is 6.08 Å². The van der Waals surface area contributed by atoms with Crippen molar-refractivity contribution in [2.45, 2.75) is 12.8 Å². The summed E-state index contributed by atoms with van der Waals surface area (Å²) in [5.41, 5.74) is 2.48. The Bertz CT molecular complexity index is 510. The standard InChI is InChI=1S/C16H14Cl2/c17-15-9-5-13(6-10-15)3-1-2-4-14-7-11-16(18)12-8-14/h1,3,5-12H,2,4H2/b3-1+. The molecule has 2 aromatic rings. The van der Waals surface area contributed by atoms with Crippen molar-refractivity contribution in [1.82, 2.24) is 0 Å². The van der Waals surface area contributed by atoms with Gasteiger partial charge in [-0.05, 0) is 48.2 Å². The molecule has 0 aliphatic rings. The summed E-state index contributed by atoms with van der Waals surface area (Å²) in [6.45, 7) is 0. The molecule has 2 aromatic carbocycles. The highest BCUT2D eigenvalue weighted by Gasteiger charge is 1.92. The Hall–Kier alpha value is -1.24. The Labute approximate surface area is 118 Å². The lowest BCUT2D eigenvalue weighted by molar-refractivity contribution is 1.01. The Morgan fingerprint density at radius 3 is 1.94 bits per heavy atom. The van der Waals surface area contributed by atoms with Gasteiger partial charge >= 0.3 is 0 Å². The number of hydrogen-bond acceptors (Lipinski definition) is 0. The summed E-state index contributed by atoms with van der Waals surface area (Å²) in [4.78, 5) is 0. The molecule has 0 saturated carbocycles. The van der Waals surface area contributed by atoms with E-state index < -0.39 is 0 Å². The van der Waals surface area contributed by atoms with Gasteiger partial charge in [0.05, 0.1) is 0 Å². The molecular weight excluding hydrogens is 263 g/mol. The molecule has 2 rings (SSSR count). The molecule has 0 nitrogen and oxygen atoms in total. The number of rotatable bonds is 4. The number of benzene rings is 2. The molecule has 0 aliphatic carbocycles. The highest BCUT2D eigenvalue weighted by Crippen LogP contribution is 2.13. The van der Waals surface area contributed by atoms with Crippen LogP contribution in [0.15, 0.2) is 54.6 Å². The lowest BCUT2D eigenvalue weighted by Crippen LogP contribution is -1.82. The molecule has 0 amide bonds. The van der Waals surface area contributed by atoms with Gasteiger partial charge in [-0.15, -0.1) is 0 Å². The maximum absolute atomic E-state index is 5.84. The van der Waals surface area contributed by atoms with Crippen LogP contribution in [0.3, 0.4) is 0 Å². The smallest absolute Gasteiger partial charge is 0.0406 e. The molecule has 0 N–H and O–H groups in total. The molecule has 0 aromatic heterocycles. The molecule has 18 heavy (non-hydrogen) atoms. The average molecular weight is 277 g/mol. The van der Waals surface area contributed by atoms with Crippen LogP contribution in [0, 0.1) is 0 Å². The molecule has 0 fully saturated rings. The third-order valence-corrected chi connectivity index (χ3v) is 3.20. The molecule has 0 unspecified atom stereocenters. The third-order valence-electron chi connectivity index (χ3n) is 2.69. The van der Waals surface area contributed by atoms with Crippen LogP contribution in [-0.2, 0) is 6.42 Å². The van der Waals surface area contributed by atoms with Gasteiger partial charge in [-0.25, -0.2) is 0 Å². The summed E-state index contributed by atoms with van der Waals surface area (Å²) in [6.07, 6.45) is 6.34. The van der Waals surface area contributed by atoms with E-state index in [2.05, 4.69) is 24.3 Å². The van der Waals surface area contributed by atoms with Crippen LogP contribution in [0.1, 0.15) is 17.5 Å². The molecule has 0 spiro atoms. The molecule has 0 aliphatic heterocycles. The maximum atomic E-state index is 5.84. The van der Waals surface area contributed by atoms with E-state index in [0.717, 1.165) is 22.9 Å². The summed E-state index contributed by atoms with van der Waals surface area (Å²) < 4.78 is 0. The Balaban J connectivity index is 1.84. The normalized spacial score (nSPS) is 11.0. The first kappa shape index (κ1) is 13.2.